The van der Waals surface area contributed by atoms with Crippen LogP contribution >= 0.6 is 0 Å². The summed E-state index contributed by atoms with van der Waals surface area (Å²) >= 11 is 0. The average Bonchev–Trinajstić information content (AvgIpc) is 2.84. The van der Waals surface area contributed by atoms with Gasteiger partial charge in [0.1, 0.15) is 24.1 Å². The molecule has 0 heterocycles. The molecule has 2 atom stereocenters. The molecule has 0 unspecified atom stereocenters. The second-order valence-corrected chi connectivity index (χ2v) is 10.7. The highest BCUT2D eigenvalue weighted by atomic mass is 32.2. The summed E-state index contributed by atoms with van der Waals surface area (Å²) in [5, 5.41) is 2.91. The van der Waals surface area contributed by atoms with Crippen molar-refractivity contribution >= 4 is 27.5 Å². The number of carbonyl (C=O) groups is 2. The normalized spacial score (nSPS) is 12.9. The SMILES string of the molecule is CC[C@@H](C)NC(=O)[C@H](C)N(Cc1ccccc1C)C(=O)CN(c1cc(OC)ccc1OC)S(C)(=O)=O. The second-order valence-electron chi connectivity index (χ2n) is 8.75. The standard InChI is InChI=1S/C26H37N3O6S/c1-8-19(3)27-26(31)20(4)28(16-21-12-10-9-11-18(21)2)25(30)17-29(36(7,32)33)23-15-22(34-5)13-14-24(23)35-6/h9-15,19-20H,8,16-17H2,1-7H3,(H,27,31)/t19-,20+/m1/s1. The third kappa shape index (κ3) is 7.36. The Morgan fingerprint density at radius 1 is 1.06 bits per heavy atom. The van der Waals surface area contributed by atoms with E-state index in [1.54, 1.807) is 19.1 Å². The molecule has 2 amide bonds. The fraction of sp³-hybridized carbons (Fsp3) is 0.462. The van der Waals surface area contributed by atoms with Crippen LogP contribution in [0, 0.1) is 6.92 Å². The van der Waals surface area contributed by atoms with Gasteiger partial charge in [-0.05, 0) is 50.5 Å². The zero-order chi connectivity index (χ0) is 27.0. The van der Waals surface area contributed by atoms with Crippen LogP contribution in [0.4, 0.5) is 5.69 Å². The fourth-order valence-electron chi connectivity index (χ4n) is 3.61. The molecule has 10 heteroatoms. The third-order valence-electron chi connectivity index (χ3n) is 6.10. The number of amides is 2. The Kier molecular flexibility index (Phi) is 10.2. The largest absolute Gasteiger partial charge is 0.497 e. The number of rotatable bonds is 12. The van der Waals surface area contributed by atoms with E-state index >= 15 is 0 Å². The highest BCUT2D eigenvalue weighted by Gasteiger charge is 2.32. The van der Waals surface area contributed by atoms with Crippen LogP contribution in [0.5, 0.6) is 11.5 Å². The van der Waals surface area contributed by atoms with E-state index in [0.717, 1.165) is 28.1 Å². The first kappa shape index (κ1) is 29.0. The summed E-state index contributed by atoms with van der Waals surface area (Å²) in [5.41, 5.74) is 1.98. The molecule has 0 aromatic heterocycles. The predicted octanol–water partition coefficient (Wildman–Crippen LogP) is 3.11. The maximum Gasteiger partial charge on any atom is 0.244 e. The van der Waals surface area contributed by atoms with Gasteiger partial charge < -0.3 is 19.7 Å². The van der Waals surface area contributed by atoms with Gasteiger partial charge in [0.15, 0.2) is 0 Å². The number of anilines is 1. The number of nitrogens with zero attached hydrogens (tertiary/aromatic N) is 2. The summed E-state index contributed by atoms with van der Waals surface area (Å²) < 4.78 is 37.3. The van der Waals surface area contributed by atoms with Gasteiger partial charge in [-0.2, -0.15) is 0 Å². The molecule has 0 bridgehead atoms. The van der Waals surface area contributed by atoms with Gasteiger partial charge in [-0.15, -0.1) is 0 Å². The van der Waals surface area contributed by atoms with Crippen LogP contribution in [0.1, 0.15) is 38.3 Å². The lowest BCUT2D eigenvalue weighted by atomic mass is 10.1. The van der Waals surface area contributed by atoms with Crippen molar-refractivity contribution in [2.75, 3.05) is 31.3 Å². The van der Waals surface area contributed by atoms with E-state index in [4.69, 9.17) is 9.47 Å². The molecular weight excluding hydrogens is 482 g/mol. The Hall–Kier alpha value is -3.27. The van der Waals surface area contributed by atoms with Crippen LogP contribution in [-0.4, -0.2) is 64.2 Å². The van der Waals surface area contributed by atoms with E-state index in [1.165, 1.54) is 25.2 Å². The van der Waals surface area contributed by atoms with Crippen molar-refractivity contribution in [3.05, 3.63) is 53.6 Å². The Balaban J connectivity index is 2.49. The molecule has 198 valence electrons. The molecule has 0 fully saturated rings. The minimum atomic E-state index is -3.90. The molecule has 2 aromatic rings. The van der Waals surface area contributed by atoms with Gasteiger partial charge in [-0.3, -0.25) is 13.9 Å². The van der Waals surface area contributed by atoms with E-state index in [-0.39, 0.29) is 29.9 Å². The Morgan fingerprint density at radius 2 is 1.72 bits per heavy atom. The summed E-state index contributed by atoms with van der Waals surface area (Å²) in [6.45, 7) is 7.04. The number of benzene rings is 2. The molecule has 2 rings (SSSR count). The fourth-order valence-corrected chi connectivity index (χ4v) is 4.45. The van der Waals surface area contributed by atoms with Crippen LogP contribution in [0.2, 0.25) is 0 Å². The van der Waals surface area contributed by atoms with Crippen LogP contribution < -0.4 is 19.1 Å². The summed E-state index contributed by atoms with van der Waals surface area (Å²) in [6, 6.07) is 11.4. The van der Waals surface area contributed by atoms with Crippen LogP contribution in [-0.2, 0) is 26.2 Å². The van der Waals surface area contributed by atoms with E-state index in [2.05, 4.69) is 5.32 Å². The predicted molar refractivity (Wildman–Crippen MR) is 141 cm³/mol. The summed E-state index contributed by atoms with van der Waals surface area (Å²) in [7, 11) is -1.03. The molecular formula is C26H37N3O6S. The number of nitrogens with one attached hydrogen (secondary N) is 1. The van der Waals surface area contributed by atoms with Crippen LogP contribution in [0.25, 0.3) is 0 Å². The number of methoxy groups -OCH3 is 2. The molecule has 0 saturated carbocycles. The highest BCUT2D eigenvalue weighted by molar-refractivity contribution is 7.92. The minimum absolute atomic E-state index is 0.0658. The minimum Gasteiger partial charge on any atom is -0.497 e. The zero-order valence-corrected chi connectivity index (χ0v) is 22.9. The zero-order valence-electron chi connectivity index (χ0n) is 22.1. The van der Waals surface area contributed by atoms with E-state index in [1.807, 2.05) is 45.0 Å². The second kappa shape index (κ2) is 12.6. The van der Waals surface area contributed by atoms with Gasteiger partial charge in [0, 0.05) is 18.7 Å². The van der Waals surface area contributed by atoms with Crippen molar-refractivity contribution in [1.82, 2.24) is 10.2 Å². The molecule has 0 spiro atoms. The van der Waals surface area contributed by atoms with Gasteiger partial charge >= 0.3 is 0 Å². The monoisotopic (exact) mass is 519 g/mol. The van der Waals surface area contributed by atoms with Gasteiger partial charge in [0.25, 0.3) is 0 Å². The van der Waals surface area contributed by atoms with Gasteiger partial charge in [-0.1, -0.05) is 31.2 Å². The molecule has 0 aliphatic heterocycles. The van der Waals surface area contributed by atoms with Crippen molar-refractivity contribution in [1.29, 1.82) is 0 Å². The Labute approximate surface area is 214 Å². The van der Waals surface area contributed by atoms with E-state index < -0.39 is 28.5 Å². The Bertz CT molecular complexity index is 1170. The average molecular weight is 520 g/mol. The number of carbonyl (C=O) groups excluding carboxylic acids is 2. The smallest absolute Gasteiger partial charge is 0.244 e. The van der Waals surface area contributed by atoms with Crippen molar-refractivity contribution < 1.29 is 27.5 Å². The quantitative estimate of drug-likeness (QED) is 0.462. The lowest BCUT2D eigenvalue weighted by molar-refractivity contribution is -0.139. The maximum absolute atomic E-state index is 13.7. The number of aryl methyl sites for hydroxylation is 1. The molecule has 2 aromatic carbocycles. The van der Waals surface area contributed by atoms with Crippen molar-refractivity contribution in [3.63, 3.8) is 0 Å². The third-order valence-corrected chi connectivity index (χ3v) is 7.23. The van der Waals surface area contributed by atoms with Gasteiger partial charge in [0.2, 0.25) is 21.8 Å². The van der Waals surface area contributed by atoms with Crippen molar-refractivity contribution in [2.24, 2.45) is 0 Å². The molecule has 0 radical (unpaired) electrons. The van der Waals surface area contributed by atoms with Crippen LogP contribution in [0.3, 0.4) is 0 Å². The Morgan fingerprint density at radius 3 is 2.28 bits per heavy atom. The lowest BCUT2D eigenvalue weighted by Crippen LogP contribution is -2.52. The molecule has 0 aliphatic rings. The number of ether oxygens (including phenoxy) is 2. The van der Waals surface area contributed by atoms with Crippen molar-refractivity contribution in [3.8, 4) is 11.5 Å². The number of sulfonamides is 1. The topological polar surface area (TPSA) is 105 Å². The van der Waals surface area contributed by atoms with Gasteiger partial charge in [0.05, 0.1) is 26.2 Å². The summed E-state index contributed by atoms with van der Waals surface area (Å²) in [5.74, 6) is -0.163. The first-order valence-corrected chi connectivity index (χ1v) is 13.6. The molecule has 1 N–H and O–H groups in total. The van der Waals surface area contributed by atoms with E-state index in [0.29, 0.717) is 5.75 Å². The molecule has 0 aliphatic carbocycles. The molecule has 9 nitrogen and oxygen atoms in total. The highest BCUT2D eigenvalue weighted by Crippen LogP contribution is 2.34. The number of hydrogen-bond acceptors (Lipinski definition) is 6. The number of hydrogen-bond donors (Lipinski definition) is 1. The lowest BCUT2D eigenvalue weighted by Gasteiger charge is -2.32. The van der Waals surface area contributed by atoms with Crippen molar-refractivity contribution in [2.45, 2.75) is 52.7 Å². The molecule has 36 heavy (non-hydrogen) atoms. The first-order valence-electron chi connectivity index (χ1n) is 11.8. The summed E-state index contributed by atoms with van der Waals surface area (Å²) in [4.78, 5) is 28.1. The molecule has 0 saturated heterocycles. The summed E-state index contributed by atoms with van der Waals surface area (Å²) in [6.07, 6.45) is 1.76. The maximum atomic E-state index is 13.7. The first-order chi connectivity index (χ1) is 16.9. The van der Waals surface area contributed by atoms with Crippen LogP contribution in [0.15, 0.2) is 42.5 Å². The van der Waals surface area contributed by atoms with E-state index in [9.17, 15) is 18.0 Å². The van der Waals surface area contributed by atoms with Gasteiger partial charge in [-0.25, -0.2) is 8.42 Å².